The summed E-state index contributed by atoms with van der Waals surface area (Å²) < 4.78 is 32.1. The highest BCUT2D eigenvalue weighted by molar-refractivity contribution is 7.92. The fourth-order valence-electron chi connectivity index (χ4n) is 2.37. The third-order valence-electron chi connectivity index (χ3n) is 3.86. The molecule has 0 saturated carbocycles. The van der Waals surface area contributed by atoms with Gasteiger partial charge in [-0.1, -0.05) is 35.4 Å². The molecule has 0 fully saturated rings. The molecular formula is C18H20ClNO4S. The van der Waals surface area contributed by atoms with Gasteiger partial charge in [0, 0.05) is 11.6 Å². The molecule has 0 aliphatic heterocycles. The van der Waals surface area contributed by atoms with Crippen molar-refractivity contribution in [1.82, 2.24) is 0 Å². The van der Waals surface area contributed by atoms with E-state index in [1.807, 2.05) is 6.92 Å². The number of hydrogen-bond donors (Lipinski definition) is 0. The zero-order chi connectivity index (χ0) is 18.6. The number of methoxy groups -OCH3 is 1. The molecule has 0 spiro atoms. The highest BCUT2D eigenvalue weighted by atomic mass is 35.5. The van der Waals surface area contributed by atoms with Gasteiger partial charge in [0.2, 0.25) is 0 Å². The first-order valence-electron chi connectivity index (χ1n) is 7.68. The Kier molecular flexibility index (Phi) is 6.08. The zero-order valence-corrected chi connectivity index (χ0v) is 15.9. The molecule has 0 saturated heterocycles. The third kappa shape index (κ3) is 4.32. The van der Waals surface area contributed by atoms with Crippen molar-refractivity contribution < 1.29 is 17.9 Å². The predicted octanol–water partition coefficient (Wildman–Crippen LogP) is 3.72. The molecule has 0 aliphatic carbocycles. The largest absolute Gasteiger partial charge is 0.469 e. The van der Waals surface area contributed by atoms with Crippen molar-refractivity contribution >= 4 is 33.3 Å². The highest BCUT2D eigenvalue weighted by Gasteiger charge is 2.27. The summed E-state index contributed by atoms with van der Waals surface area (Å²) in [6, 6.07) is 11.6. The summed E-state index contributed by atoms with van der Waals surface area (Å²) in [6.07, 6.45) is -0.0620. The fourth-order valence-corrected chi connectivity index (χ4v) is 4.06. The average molecular weight is 382 g/mol. The molecule has 0 bridgehead atoms. The van der Waals surface area contributed by atoms with E-state index in [4.69, 9.17) is 11.6 Å². The molecule has 134 valence electrons. The van der Waals surface area contributed by atoms with Gasteiger partial charge in [-0.2, -0.15) is 0 Å². The van der Waals surface area contributed by atoms with E-state index in [0.717, 1.165) is 5.56 Å². The first kappa shape index (κ1) is 19.3. The van der Waals surface area contributed by atoms with Gasteiger partial charge in [-0.15, -0.1) is 0 Å². The summed E-state index contributed by atoms with van der Waals surface area (Å²) in [6.45, 7) is 3.59. The number of aryl methyl sites for hydroxylation is 1. The van der Waals surface area contributed by atoms with Gasteiger partial charge in [-0.05, 0) is 43.7 Å². The zero-order valence-electron chi connectivity index (χ0n) is 14.3. The van der Waals surface area contributed by atoms with Crippen LogP contribution < -0.4 is 4.31 Å². The lowest BCUT2D eigenvalue weighted by Gasteiger charge is -2.26. The Morgan fingerprint density at radius 1 is 1.12 bits per heavy atom. The number of halogens is 1. The summed E-state index contributed by atoms with van der Waals surface area (Å²) in [4.78, 5) is 11.7. The summed E-state index contributed by atoms with van der Waals surface area (Å²) in [5.41, 5.74) is 2.03. The van der Waals surface area contributed by atoms with Crippen molar-refractivity contribution in [3.05, 3.63) is 58.6 Å². The van der Waals surface area contributed by atoms with Crippen molar-refractivity contribution in [3.63, 3.8) is 0 Å². The lowest BCUT2D eigenvalue weighted by molar-refractivity contribution is -0.140. The number of nitrogens with zero attached hydrogens (tertiary/aromatic N) is 1. The number of carbonyl (C=O) groups excluding carboxylic acids is 1. The molecule has 2 aromatic rings. The van der Waals surface area contributed by atoms with Crippen LogP contribution in [0.1, 0.15) is 17.5 Å². The van der Waals surface area contributed by atoms with E-state index in [1.165, 1.54) is 11.4 Å². The molecule has 0 atom stereocenters. The smallest absolute Gasteiger partial charge is 0.307 e. The third-order valence-corrected chi connectivity index (χ3v) is 6.10. The molecule has 5 nitrogen and oxygen atoms in total. The van der Waals surface area contributed by atoms with Crippen LogP contribution in [0.5, 0.6) is 0 Å². The normalized spacial score (nSPS) is 11.2. The van der Waals surface area contributed by atoms with Gasteiger partial charge in [0.15, 0.2) is 0 Å². The van der Waals surface area contributed by atoms with Crippen molar-refractivity contribution in [3.8, 4) is 0 Å². The van der Waals surface area contributed by atoms with Gasteiger partial charge in [0.1, 0.15) is 0 Å². The number of carbonyl (C=O) groups is 1. The van der Waals surface area contributed by atoms with E-state index in [1.54, 1.807) is 49.4 Å². The topological polar surface area (TPSA) is 63.7 Å². The Morgan fingerprint density at radius 3 is 2.36 bits per heavy atom. The predicted molar refractivity (Wildman–Crippen MR) is 98.5 cm³/mol. The van der Waals surface area contributed by atoms with Crippen molar-refractivity contribution in [2.24, 2.45) is 0 Å². The van der Waals surface area contributed by atoms with Crippen molar-refractivity contribution in [2.75, 3.05) is 18.0 Å². The van der Waals surface area contributed by atoms with Crippen LogP contribution in [0.4, 0.5) is 5.69 Å². The maximum absolute atomic E-state index is 13.1. The SMILES string of the molecule is COC(=O)CCN(c1cccc(Cl)c1C)S(=O)(=O)c1ccc(C)cc1. The van der Waals surface area contributed by atoms with E-state index in [2.05, 4.69) is 4.74 Å². The van der Waals surface area contributed by atoms with Crippen LogP contribution in [0.25, 0.3) is 0 Å². The molecule has 25 heavy (non-hydrogen) atoms. The summed E-state index contributed by atoms with van der Waals surface area (Å²) in [5, 5.41) is 0.458. The average Bonchev–Trinajstić information content (AvgIpc) is 2.58. The Bertz CT molecular complexity index is 863. The Hall–Kier alpha value is -2.05. The van der Waals surface area contributed by atoms with E-state index < -0.39 is 16.0 Å². The molecule has 2 aromatic carbocycles. The minimum Gasteiger partial charge on any atom is -0.469 e. The number of anilines is 1. The van der Waals surface area contributed by atoms with Gasteiger partial charge >= 0.3 is 5.97 Å². The molecule has 0 amide bonds. The second kappa shape index (κ2) is 7.89. The van der Waals surface area contributed by atoms with Crippen LogP contribution in [0, 0.1) is 13.8 Å². The number of rotatable bonds is 6. The Balaban J connectivity index is 2.52. The van der Waals surface area contributed by atoms with E-state index >= 15 is 0 Å². The summed E-state index contributed by atoms with van der Waals surface area (Å²) in [5.74, 6) is -0.483. The van der Waals surface area contributed by atoms with Crippen LogP contribution in [-0.2, 0) is 19.6 Å². The molecule has 0 unspecified atom stereocenters. The molecule has 0 radical (unpaired) electrons. The second-order valence-corrected chi connectivity index (χ2v) is 7.87. The molecular weight excluding hydrogens is 362 g/mol. The van der Waals surface area contributed by atoms with E-state index in [9.17, 15) is 13.2 Å². The molecule has 7 heteroatoms. The summed E-state index contributed by atoms with van der Waals surface area (Å²) in [7, 11) is -2.58. The van der Waals surface area contributed by atoms with Crippen LogP contribution in [0.3, 0.4) is 0 Å². The first-order valence-corrected chi connectivity index (χ1v) is 9.50. The molecule has 0 aromatic heterocycles. The van der Waals surface area contributed by atoms with Gasteiger partial charge in [0.25, 0.3) is 10.0 Å². The molecule has 0 aliphatic rings. The van der Waals surface area contributed by atoms with Crippen LogP contribution in [0.15, 0.2) is 47.4 Å². The van der Waals surface area contributed by atoms with Gasteiger partial charge in [-0.3, -0.25) is 9.10 Å². The van der Waals surface area contributed by atoms with Gasteiger partial charge in [0.05, 0.1) is 24.1 Å². The number of esters is 1. The number of ether oxygens (including phenoxy) is 1. The van der Waals surface area contributed by atoms with Crippen LogP contribution in [-0.4, -0.2) is 28.0 Å². The van der Waals surface area contributed by atoms with Gasteiger partial charge in [-0.25, -0.2) is 8.42 Å². The monoisotopic (exact) mass is 381 g/mol. The standard InChI is InChI=1S/C18H20ClNO4S/c1-13-7-9-15(10-8-13)25(22,23)20(12-11-18(21)24-3)17-6-4-5-16(19)14(17)2/h4-10H,11-12H2,1-3H3. The minimum absolute atomic E-state index is 0.0376. The quantitative estimate of drug-likeness (QED) is 0.715. The highest BCUT2D eigenvalue weighted by Crippen LogP contribution is 2.31. The Morgan fingerprint density at radius 2 is 1.76 bits per heavy atom. The number of hydrogen-bond acceptors (Lipinski definition) is 4. The van der Waals surface area contributed by atoms with Crippen molar-refractivity contribution in [1.29, 1.82) is 0 Å². The molecule has 0 N–H and O–H groups in total. The first-order chi connectivity index (χ1) is 11.8. The maximum Gasteiger partial charge on any atom is 0.307 e. The summed E-state index contributed by atoms with van der Waals surface area (Å²) >= 11 is 6.15. The van der Waals surface area contributed by atoms with Crippen LogP contribution in [0.2, 0.25) is 5.02 Å². The molecule has 2 rings (SSSR count). The second-order valence-electron chi connectivity index (χ2n) is 5.60. The van der Waals surface area contributed by atoms with Crippen molar-refractivity contribution in [2.45, 2.75) is 25.2 Å². The van der Waals surface area contributed by atoms with Crippen LogP contribution >= 0.6 is 11.6 Å². The van der Waals surface area contributed by atoms with E-state index in [-0.39, 0.29) is 17.9 Å². The lowest BCUT2D eigenvalue weighted by Crippen LogP contribution is -2.34. The minimum atomic E-state index is -3.85. The maximum atomic E-state index is 13.1. The molecule has 0 heterocycles. The van der Waals surface area contributed by atoms with Gasteiger partial charge < -0.3 is 4.74 Å². The fraction of sp³-hybridized carbons (Fsp3) is 0.278. The Labute approximate surface area is 153 Å². The van der Waals surface area contributed by atoms with E-state index in [0.29, 0.717) is 16.3 Å². The lowest BCUT2D eigenvalue weighted by atomic mass is 10.2. The number of benzene rings is 2. The number of sulfonamides is 1.